The summed E-state index contributed by atoms with van der Waals surface area (Å²) < 4.78 is 0. The van der Waals surface area contributed by atoms with Crippen molar-refractivity contribution in [2.24, 2.45) is 0 Å². The molecule has 2 N–H and O–H groups in total. The summed E-state index contributed by atoms with van der Waals surface area (Å²) in [6, 6.07) is 0.160. The molecule has 1 aliphatic rings. The van der Waals surface area contributed by atoms with Gasteiger partial charge in [0.05, 0.1) is 11.4 Å². The van der Waals surface area contributed by atoms with E-state index in [1.807, 2.05) is 11.6 Å². The van der Waals surface area contributed by atoms with Crippen LogP contribution in [0.15, 0.2) is 11.6 Å². The first kappa shape index (κ1) is 16.7. The van der Waals surface area contributed by atoms with Gasteiger partial charge >= 0.3 is 0 Å². The SMILES string of the molecule is Cc1sc2nc([C@H](C)N3CCN(c4nccs4)CC3)nc(N)c2c1C. The highest BCUT2D eigenvalue weighted by molar-refractivity contribution is 7.18. The van der Waals surface area contributed by atoms with Crippen molar-refractivity contribution < 1.29 is 0 Å². The fourth-order valence-electron chi connectivity index (χ4n) is 3.32. The number of fused-ring (bicyclic) bond motifs is 1. The molecule has 1 fully saturated rings. The van der Waals surface area contributed by atoms with Crippen molar-refractivity contribution in [3.63, 3.8) is 0 Å². The van der Waals surface area contributed by atoms with E-state index < -0.39 is 0 Å². The number of aromatic nitrogens is 3. The summed E-state index contributed by atoms with van der Waals surface area (Å²) in [5.41, 5.74) is 7.45. The second-order valence-corrected chi connectivity index (χ2v) is 8.52. The van der Waals surface area contributed by atoms with E-state index in [-0.39, 0.29) is 6.04 Å². The fraction of sp³-hybridized carbons (Fsp3) is 0.471. The largest absolute Gasteiger partial charge is 0.383 e. The van der Waals surface area contributed by atoms with Crippen LogP contribution in [0.1, 0.15) is 29.2 Å². The standard InChI is InChI=1S/C17H22N6S2/c1-10-12(3)25-16-13(10)14(18)20-15(21-16)11(2)22-5-7-23(8-6-22)17-19-4-9-24-17/h4,9,11H,5-8H2,1-3H3,(H2,18,20,21)/t11-/m0/s1. The first-order chi connectivity index (χ1) is 12.0. The molecule has 0 unspecified atom stereocenters. The molecule has 1 aliphatic heterocycles. The predicted octanol–water partition coefficient (Wildman–Crippen LogP) is 3.23. The smallest absolute Gasteiger partial charge is 0.185 e. The molecule has 4 rings (SSSR count). The van der Waals surface area contributed by atoms with E-state index in [0.29, 0.717) is 5.82 Å². The van der Waals surface area contributed by atoms with Gasteiger partial charge in [-0.1, -0.05) is 0 Å². The molecule has 0 aliphatic carbocycles. The van der Waals surface area contributed by atoms with Crippen LogP contribution in [-0.2, 0) is 0 Å². The van der Waals surface area contributed by atoms with Crippen LogP contribution in [0, 0.1) is 13.8 Å². The Labute approximate surface area is 155 Å². The van der Waals surface area contributed by atoms with Crippen molar-refractivity contribution in [3.8, 4) is 0 Å². The van der Waals surface area contributed by atoms with Gasteiger partial charge in [0.25, 0.3) is 0 Å². The van der Waals surface area contributed by atoms with Crippen molar-refractivity contribution in [2.75, 3.05) is 36.8 Å². The van der Waals surface area contributed by atoms with Gasteiger partial charge in [-0.2, -0.15) is 0 Å². The van der Waals surface area contributed by atoms with Gasteiger partial charge in [0.15, 0.2) is 5.13 Å². The molecule has 3 aromatic heterocycles. The summed E-state index contributed by atoms with van der Waals surface area (Å²) >= 11 is 3.40. The van der Waals surface area contributed by atoms with Gasteiger partial charge in [0.2, 0.25) is 0 Å². The normalized spacial score (nSPS) is 17.3. The molecule has 0 saturated carbocycles. The monoisotopic (exact) mass is 374 g/mol. The minimum Gasteiger partial charge on any atom is -0.383 e. The molecule has 0 aromatic carbocycles. The average molecular weight is 375 g/mol. The molecule has 0 bridgehead atoms. The molecule has 1 atom stereocenters. The van der Waals surface area contributed by atoms with Crippen LogP contribution in [0.3, 0.4) is 0 Å². The Morgan fingerprint density at radius 1 is 1.16 bits per heavy atom. The summed E-state index contributed by atoms with van der Waals surface area (Å²) in [7, 11) is 0. The Kier molecular flexibility index (Phi) is 4.35. The highest BCUT2D eigenvalue weighted by atomic mass is 32.1. The Balaban J connectivity index is 1.53. The number of piperazine rings is 1. The van der Waals surface area contributed by atoms with Crippen molar-refractivity contribution in [2.45, 2.75) is 26.8 Å². The summed E-state index contributed by atoms with van der Waals surface area (Å²) in [6.45, 7) is 10.3. The van der Waals surface area contributed by atoms with E-state index in [9.17, 15) is 0 Å². The molecule has 1 saturated heterocycles. The Morgan fingerprint density at radius 2 is 1.92 bits per heavy atom. The van der Waals surface area contributed by atoms with Gasteiger partial charge < -0.3 is 10.6 Å². The number of hydrogen-bond acceptors (Lipinski definition) is 8. The third kappa shape index (κ3) is 2.98. The summed E-state index contributed by atoms with van der Waals surface area (Å²) in [4.78, 5) is 20.9. The number of rotatable bonds is 3. The van der Waals surface area contributed by atoms with Crippen LogP contribution in [0.4, 0.5) is 10.9 Å². The van der Waals surface area contributed by atoms with Crippen LogP contribution < -0.4 is 10.6 Å². The third-order valence-corrected chi connectivity index (χ3v) is 6.93. The molecule has 6 nitrogen and oxygen atoms in total. The lowest BCUT2D eigenvalue weighted by molar-refractivity contribution is 0.192. The van der Waals surface area contributed by atoms with Crippen LogP contribution in [0.5, 0.6) is 0 Å². The van der Waals surface area contributed by atoms with E-state index in [1.54, 1.807) is 22.7 Å². The second kappa shape index (κ2) is 6.51. The number of anilines is 2. The number of thiazole rings is 1. The molecular formula is C17H22N6S2. The first-order valence-electron chi connectivity index (χ1n) is 8.46. The van der Waals surface area contributed by atoms with E-state index in [2.05, 4.69) is 40.5 Å². The van der Waals surface area contributed by atoms with Crippen molar-refractivity contribution >= 4 is 43.8 Å². The van der Waals surface area contributed by atoms with Gasteiger partial charge in [0.1, 0.15) is 16.5 Å². The zero-order valence-corrected chi connectivity index (χ0v) is 16.3. The molecule has 8 heteroatoms. The zero-order chi connectivity index (χ0) is 17.6. The number of aryl methyl sites for hydroxylation is 2. The molecule has 0 amide bonds. The highest BCUT2D eigenvalue weighted by Gasteiger charge is 2.25. The maximum Gasteiger partial charge on any atom is 0.185 e. The lowest BCUT2D eigenvalue weighted by atomic mass is 10.2. The first-order valence-corrected chi connectivity index (χ1v) is 10.2. The van der Waals surface area contributed by atoms with Crippen LogP contribution in [-0.4, -0.2) is 46.0 Å². The summed E-state index contributed by atoms with van der Waals surface area (Å²) in [6.07, 6.45) is 1.87. The third-order valence-electron chi connectivity index (χ3n) is 5.00. The minimum absolute atomic E-state index is 0.160. The summed E-state index contributed by atoms with van der Waals surface area (Å²) in [5, 5.41) is 4.16. The average Bonchev–Trinajstić information content (AvgIpc) is 3.23. The van der Waals surface area contributed by atoms with Gasteiger partial charge in [0, 0.05) is 42.6 Å². The minimum atomic E-state index is 0.160. The van der Waals surface area contributed by atoms with E-state index in [1.165, 1.54) is 10.4 Å². The molecule has 3 aromatic rings. The molecule has 0 spiro atoms. The zero-order valence-electron chi connectivity index (χ0n) is 14.7. The number of nitrogen functional groups attached to an aromatic ring is 1. The highest BCUT2D eigenvalue weighted by Crippen LogP contribution is 2.33. The van der Waals surface area contributed by atoms with E-state index >= 15 is 0 Å². The second-order valence-electron chi connectivity index (χ2n) is 6.44. The van der Waals surface area contributed by atoms with Crippen LogP contribution in [0.25, 0.3) is 10.2 Å². The molecule has 0 radical (unpaired) electrons. The number of nitrogens with two attached hydrogens (primary N) is 1. The van der Waals surface area contributed by atoms with Crippen molar-refractivity contribution in [1.82, 2.24) is 19.9 Å². The predicted molar refractivity (Wildman–Crippen MR) is 106 cm³/mol. The quantitative estimate of drug-likeness (QED) is 0.759. The molecular weight excluding hydrogens is 352 g/mol. The maximum atomic E-state index is 6.25. The van der Waals surface area contributed by atoms with Crippen LogP contribution in [0.2, 0.25) is 0 Å². The van der Waals surface area contributed by atoms with Gasteiger partial charge in [-0.3, -0.25) is 4.90 Å². The van der Waals surface area contributed by atoms with Gasteiger partial charge in [-0.25, -0.2) is 15.0 Å². The van der Waals surface area contributed by atoms with E-state index in [4.69, 9.17) is 10.7 Å². The van der Waals surface area contributed by atoms with Crippen molar-refractivity contribution in [1.29, 1.82) is 0 Å². The number of nitrogens with zero attached hydrogens (tertiary/aromatic N) is 5. The van der Waals surface area contributed by atoms with Gasteiger partial charge in [-0.05, 0) is 26.3 Å². The Hall–Kier alpha value is -1.77. The fourth-order valence-corrected chi connectivity index (χ4v) is 5.06. The lowest BCUT2D eigenvalue weighted by Crippen LogP contribution is -2.47. The Bertz CT molecular complexity index is 880. The Morgan fingerprint density at radius 3 is 2.60 bits per heavy atom. The summed E-state index contributed by atoms with van der Waals surface area (Å²) in [5.74, 6) is 1.43. The molecule has 132 valence electrons. The van der Waals surface area contributed by atoms with E-state index in [0.717, 1.165) is 47.4 Å². The van der Waals surface area contributed by atoms with Crippen molar-refractivity contribution in [3.05, 3.63) is 27.8 Å². The molecule has 25 heavy (non-hydrogen) atoms. The van der Waals surface area contributed by atoms with Crippen LogP contribution >= 0.6 is 22.7 Å². The lowest BCUT2D eigenvalue weighted by Gasteiger charge is -2.37. The maximum absolute atomic E-state index is 6.25. The number of thiophene rings is 1. The number of hydrogen-bond donors (Lipinski definition) is 1. The topological polar surface area (TPSA) is 71.2 Å². The van der Waals surface area contributed by atoms with Gasteiger partial charge in [-0.15, -0.1) is 22.7 Å². The molecule has 4 heterocycles.